The van der Waals surface area contributed by atoms with Crippen LogP contribution in [-0.2, 0) is 40.3 Å². The number of H-pyrrole nitrogens is 1. The Morgan fingerprint density at radius 2 is 1.65 bits per heavy atom. The number of phenols is 1. The number of nitrogens with two attached hydrogens (primary N) is 1. The molecule has 6 rings (SSSR count). The maximum absolute atomic E-state index is 14.3. The molecular formula is C41H46N6O5. The van der Waals surface area contributed by atoms with Crippen LogP contribution in [0.2, 0.25) is 0 Å². The Hall–Kier alpha value is -5.68. The summed E-state index contributed by atoms with van der Waals surface area (Å²) < 4.78 is 5.33. The lowest BCUT2D eigenvalue weighted by molar-refractivity contribution is -0.143. The number of aryl methyl sites for hydroxylation is 2. The first-order valence-corrected chi connectivity index (χ1v) is 17.8. The van der Waals surface area contributed by atoms with E-state index in [1.807, 2.05) is 92.7 Å². The van der Waals surface area contributed by atoms with Crippen LogP contribution >= 0.6 is 0 Å². The summed E-state index contributed by atoms with van der Waals surface area (Å²) in [5, 5.41) is 16.1. The number of alkyl carbamates (subject to hydrolysis) is 1. The molecule has 0 saturated carbocycles. The second-order valence-electron chi connectivity index (χ2n) is 13.5. The highest BCUT2D eigenvalue weighted by atomic mass is 16.5. The fourth-order valence-electron chi connectivity index (χ4n) is 6.92. The van der Waals surface area contributed by atoms with Crippen molar-refractivity contribution >= 4 is 28.9 Å². The molecule has 0 aliphatic carbocycles. The second kappa shape index (κ2) is 16.6. The Balaban J connectivity index is 1.15. The molecule has 2 heterocycles. The van der Waals surface area contributed by atoms with Gasteiger partial charge in [0, 0.05) is 19.5 Å². The lowest BCUT2D eigenvalue weighted by Gasteiger charge is -2.38. The molecule has 1 aliphatic rings. The van der Waals surface area contributed by atoms with Crippen molar-refractivity contribution in [3.8, 4) is 5.75 Å². The number of nitrogens with zero attached hydrogens (tertiary/aromatic N) is 2. The summed E-state index contributed by atoms with van der Waals surface area (Å²) in [6.07, 6.45) is 2.01. The molecule has 1 aliphatic heterocycles. The van der Waals surface area contributed by atoms with Crippen molar-refractivity contribution < 1.29 is 24.2 Å². The number of unbranched alkanes of at least 4 members (excludes halogenated alkanes) is 1. The van der Waals surface area contributed by atoms with Gasteiger partial charge in [-0.15, -0.1) is 0 Å². The van der Waals surface area contributed by atoms with Crippen LogP contribution in [0.5, 0.6) is 5.75 Å². The molecule has 270 valence electrons. The third-order valence-corrected chi connectivity index (χ3v) is 9.71. The van der Waals surface area contributed by atoms with Crippen molar-refractivity contribution in [3.63, 3.8) is 0 Å². The second-order valence-corrected chi connectivity index (χ2v) is 13.5. The highest BCUT2D eigenvalue weighted by Crippen LogP contribution is 2.28. The fourth-order valence-corrected chi connectivity index (χ4v) is 6.92. The fraction of sp³-hybridized carbons (Fsp3) is 0.317. The Bertz CT molecular complexity index is 1970. The molecule has 1 aromatic heterocycles. The predicted octanol–water partition coefficient (Wildman–Crippen LogP) is 5.66. The molecule has 3 amide bonds. The summed E-state index contributed by atoms with van der Waals surface area (Å²) in [6.45, 7) is 4.64. The molecule has 0 fully saturated rings. The molecule has 3 atom stereocenters. The maximum Gasteiger partial charge on any atom is 0.407 e. The SMILES string of the molecule is Cc1cc(O)cc(C)c1C[C@H](N)C(=O)N1Cc2ccccc2C[C@H]1C(=O)N[C@H](CCCCNC(=O)OCc1ccccc1)c1nc2ccccc2[nH]1. The first kappa shape index (κ1) is 36.1. The van der Waals surface area contributed by atoms with Crippen LogP contribution in [0, 0.1) is 13.8 Å². The molecule has 0 unspecified atom stereocenters. The molecule has 6 N–H and O–H groups in total. The monoisotopic (exact) mass is 702 g/mol. The molecule has 0 saturated heterocycles. The number of aromatic hydroxyl groups is 1. The van der Waals surface area contributed by atoms with E-state index in [0.29, 0.717) is 38.1 Å². The van der Waals surface area contributed by atoms with Gasteiger partial charge in [0.05, 0.1) is 23.1 Å². The third kappa shape index (κ3) is 8.78. The van der Waals surface area contributed by atoms with Crippen LogP contribution in [0.15, 0.2) is 91.0 Å². The van der Waals surface area contributed by atoms with Crippen LogP contribution in [0.25, 0.3) is 11.0 Å². The Morgan fingerprint density at radius 3 is 2.40 bits per heavy atom. The van der Waals surface area contributed by atoms with Gasteiger partial charge in [0.2, 0.25) is 11.8 Å². The minimum absolute atomic E-state index is 0.166. The molecule has 11 nitrogen and oxygen atoms in total. The first-order chi connectivity index (χ1) is 25.2. The molecule has 5 aromatic rings. The van der Waals surface area contributed by atoms with E-state index in [2.05, 4.69) is 15.6 Å². The Kier molecular flexibility index (Phi) is 11.5. The van der Waals surface area contributed by atoms with Crippen LogP contribution in [-0.4, -0.2) is 56.5 Å². The van der Waals surface area contributed by atoms with E-state index < -0.39 is 24.2 Å². The average molecular weight is 703 g/mol. The third-order valence-electron chi connectivity index (χ3n) is 9.71. The van der Waals surface area contributed by atoms with E-state index in [1.54, 1.807) is 17.0 Å². The van der Waals surface area contributed by atoms with Gasteiger partial charge in [0.15, 0.2) is 0 Å². The number of hydrogen-bond donors (Lipinski definition) is 5. The van der Waals surface area contributed by atoms with Gasteiger partial charge in [-0.05, 0) is 97.2 Å². The van der Waals surface area contributed by atoms with E-state index >= 15 is 0 Å². The van der Waals surface area contributed by atoms with E-state index in [1.165, 1.54) is 0 Å². The number of para-hydroxylation sites is 2. The normalized spacial score (nSPS) is 15.1. The lowest BCUT2D eigenvalue weighted by atomic mass is 9.91. The van der Waals surface area contributed by atoms with Gasteiger partial charge >= 0.3 is 6.09 Å². The zero-order valence-corrected chi connectivity index (χ0v) is 29.6. The lowest BCUT2D eigenvalue weighted by Crippen LogP contribution is -2.57. The summed E-state index contributed by atoms with van der Waals surface area (Å²) in [5.41, 5.74) is 13.8. The summed E-state index contributed by atoms with van der Waals surface area (Å²) in [7, 11) is 0. The van der Waals surface area contributed by atoms with Crippen molar-refractivity contribution in [1.29, 1.82) is 0 Å². The molecular weight excluding hydrogens is 656 g/mol. The Morgan fingerprint density at radius 1 is 0.962 bits per heavy atom. The van der Waals surface area contributed by atoms with Crippen molar-refractivity contribution in [2.45, 2.75) is 77.2 Å². The summed E-state index contributed by atoms with van der Waals surface area (Å²) in [6, 6.07) is 26.2. The molecule has 4 aromatic carbocycles. The van der Waals surface area contributed by atoms with Gasteiger partial charge in [0.25, 0.3) is 0 Å². The first-order valence-electron chi connectivity index (χ1n) is 17.8. The average Bonchev–Trinajstić information content (AvgIpc) is 3.58. The van der Waals surface area contributed by atoms with E-state index in [4.69, 9.17) is 15.5 Å². The topological polar surface area (TPSA) is 163 Å². The van der Waals surface area contributed by atoms with Crippen LogP contribution in [0.1, 0.15) is 64.5 Å². The van der Waals surface area contributed by atoms with Gasteiger partial charge in [-0.3, -0.25) is 9.59 Å². The number of hydrogen-bond acceptors (Lipinski definition) is 7. The number of carbonyl (C=O) groups is 3. The van der Waals surface area contributed by atoms with Gasteiger partial charge in [-0.2, -0.15) is 0 Å². The minimum atomic E-state index is -0.888. The number of phenolic OH excluding ortho intramolecular Hbond substituents is 1. The summed E-state index contributed by atoms with van der Waals surface area (Å²) in [5.74, 6) is 0.181. The van der Waals surface area contributed by atoms with E-state index in [0.717, 1.165) is 44.4 Å². The summed E-state index contributed by atoms with van der Waals surface area (Å²) >= 11 is 0. The van der Waals surface area contributed by atoms with Crippen LogP contribution in [0.4, 0.5) is 4.79 Å². The zero-order valence-electron chi connectivity index (χ0n) is 29.6. The van der Waals surface area contributed by atoms with Crippen molar-refractivity contribution in [3.05, 3.63) is 130 Å². The standard InChI is InChI=1S/C41H46N6O5/c1-26-20-31(48)21-27(2)32(26)23-33(42)40(50)47-24-30-15-7-6-14-29(30)22-37(47)39(49)46-36(38-44-34-16-8-9-17-35(34)45-38)18-10-11-19-43-41(51)52-25-28-12-4-3-5-13-28/h3-9,12-17,20-21,33,36-37,48H,10-11,18-19,22-25,42H2,1-2H3,(H,43,51)(H,44,45)(H,46,49)/t33-,36+,37-/m0/s1. The quantitative estimate of drug-likeness (QED) is 0.0989. The highest BCUT2D eigenvalue weighted by molar-refractivity contribution is 5.91. The van der Waals surface area contributed by atoms with Gasteiger partial charge in [-0.25, -0.2) is 9.78 Å². The number of fused-ring (bicyclic) bond motifs is 2. The molecule has 0 bridgehead atoms. The number of amides is 3. The number of aromatic nitrogens is 2. The van der Waals surface area contributed by atoms with Crippen LogP contribution < -0.4 is 16.4 Å². The molecule has 0 spiro atoms. The van der Waals surface area contributed by atoms with Crippen molar-refractivity contribution in [1.82, 2.24) is 25.5 Å². The number of rotatable bonds is 13. The number of ether oxygens (including phenoxy) is 1. The molecule has 52 heavy (non-hydrogen) atoms. The number of aromatic amines is 1. The predicted molar refractivity (Wildman–Crippen MR) is 199 cm³/mol. The van der Waals surface area contributed by atoms with Crippen LogP contribution in [0.3, 0.4) is 0 Å². The molecule has 11 heteroatoms. The van der Waals surface area contributed by atoms with Gasteiger partial charge in [0.1, 0.15) is 24.2 Å². The smallest absolute Gasteiger partial charge is 0.407 e. The Labute approximate surface area is 303 Å². The minimum Gasteiger partial charge on any atom is -0.508 e. The van der Waals surface area contributed by atoms with Gasteiger partial charge < -0.3 is 36.1 Å². The number of imidazole rings is 1. The summed E-state index contributed by atoms with van der Waals surface area (Å²) in [4.78, 5) is 50.5. The zero-order chi connectivity index (χ0) is 36.6. The largest absolute Gasteiger partial charge is 0.508 e. The van der Waals surface area contributed by atoms with E-state index in [-0.39, 0.29) is 37.1 Å². The molecule has 0 radical (unpaired) electrons. The number of carbonyl (C=O) groups excluding carboxylic acids is 3. The van der Waals surface area contributed by atoms with Gasteiger partial charge in [-0.1, -0.05) is 66.7 Å². The van der Waals surface area contributed by atoms with Crippen molar-refractivity contribution in [2.75, 3.05) is 6.54 Å². The van der Waals surface area contributed by atoms with E-state index in [9.17, 15) is 19.5 Å². The number of nitrogens with one attached hydrogen (secondary N) is 3. The number of benzene rings is 4. The van der Waals surface area contributed by atoms with Crippen molar-refractivity contribution in [2.24, 2.45) is 5.73 Å². The highest BCUT2D eigenvalue weighted by Gasteiger charge is 2.37. The maximum atomic E-state index is 14.3.